The smallest absolute Gasteiger partial charge is 0.261 e. The SMILES string of the molecule is Cc1cc(Br)ccc1NC(=O)CNC(=O)C(C)Oc1ccc(F)cc1Br. The fourth-order valence-electron chi connectivity index (χ4n) is 2.09. The van der Waals surface area contributed by atoms with Crippen molar-refractivity contribution in [2.45, 2.75) is 20.0 Å². The number of carbonyl (C=O) groups excluding carboxylic acids is 2. The van der Waals surface area contributed by atoms with Crippen LogP contribution in [0.2, 0.25) is 0 Å². The van der Waals surface area contributed by atoms with Gasteiger partial charge in [0.15, 0.2) is 6.10 Å². The summed E-state index contributed by atoms with van der Waals surface area (Å²) in [5.41, 5.74) is 1.57. The lowest BCUT2D eigenvalue weighted by Crippen LogP contribution is -2.40. The van der Waals surface area contributed by atoms with Crippen molar-refractivity contribution in [2.75, 3.05) is 11.9 Å². The molecule has 8 heteroatoms. The predicted octanol–water partition coefficient (Wildman–Crippen LogP) is 4.18. The Kier molecular flexibility index (Phi) is 7.16. The summed E-state index contributed by atoms with van der Waals surface area (Å²) in [7, 11) is 0. The minimum absolute atomic E-state index is 0.188. The van der Waals surface area contributed by atoms with E-state index in [0.29, 0.717) is 15.9 Å². The van der Waals surface area contributed by atoms with Crippen LogP contribution in [0, 0.1) is 12.7 Å². The monoisotopic (exact) mass is 486 g/mol. The van der Waals surface area contributed by atoms with Gasteiger partial charge in [-0.05, 0) is 71.7 Å². The fourth-order valence-corrected chi connectivity index (χ4v) is 3.01. The maximum Gasteiger partial charge on any atom is 0.261 e. The van der Waals surface area contributed by atoms with E-state index in [1.807, 2.05) is 19.1 Å². The number of hydrogen-bond acceptors (Lipinski definition) is 3. The first-order valence-corrected chi connectivity index (χ1v) is 9.30. The molecule has 1 unspecified atom stereocenters. The molecule has 26 heavy (non-hydrogen) atoms. The molecule has 2 amide bonds. The largest absolute Gasteiger partial charge is 0.480 e. The highest BCUT2D eigenvalue weighted by molar-refractivity contribution is 9.10. The summed E-state index contributed by atoms with van der Waals surface area (Å²) in [4.78, 5) is 24.1. The lowest BCUT2D eigenvalue weighted by atomic mass is 10.2. The van der Waals surface area contributed by atoms with Crippen LogP contribution in [0.5, 0.6) is 5.75 Å². The van der Waals surface area contributed by atoms with E-state index < -0.39 is 17.8 Å². The number of amides is 2. The van der Waals surface area contributed by atoms with Gasteiger partial charge in [-0.2, -0.15) is 0 Å². The molecular formula is C18H17Br2FN2O3. The maximum absolute atomic E-state index is 13.1. The molecule has 0 aromatic heterocycles. The Morgan fingerprint density at radius 1 is 1.19 bits per heavy atom. The van der Waals surface area contributed by atoms with E-state index in [0.717, 1.165) is 10.0 Å². The zero-order valence-electron chi connectivity index (χ0n) is 14.1. The molecule has 138 valence electrons. The minimum atomic E-state index is -0.848. The van der Waals surface area contributed by atoms with Crippen molar-refractivity contribution >= 4 is 49.4 Å². The normalized spacial score (nSPS) is 11.6. The Hall–Kier alpha value is -1.93. The standard InChI is InChI=1S/C18H17Br2FN2O3/c1-10-7-12(19)3-5-15(10)23-17(24)9-22-18(25)11(2)26-16-6-4-13(21)8-14(16)20/h3-8,11H,9H2,1-2H3,(H,22,25)(H,23,24). The highest BCUT2D eigenvalue weighted by Crippen LogP contribution is 2.26. The van der Waals surface area contributed by atoms with Crippen molar-refractivity contribution < 1.29 is 18.7 Å². The van der Waals surface area contributed by atoms with Gasteiger partial charge in [0.1, 0.15) is 11.6 Å². The van der Waals surface area contributed by atoms with Crippen LogP contribution in [0.4, 0.5) is 10.1 Å². The third kappa shape index (κ3) is 5.81. The molecule has 1 atom stereocenters. The van der Waals surface area contributed by atoms with Crippen LogP contribution in [0.15, 0.2) is 45.3 Å². The number of ether oxygens (including phenoxy) is 1. The molecule has 0 saturated heterocycles. The summed E-state index contributed by atoms with van der Waals surface area (Å²) in [5, 5.41) is 5.24. The quantitative estimate of drug-likeness (QED) is 0.642. The summed E-state index contributed by atoms with van der Waals surface area (Å²) in [6.07, 6.45) is -0.848. The zero-order valence-corrected chi connectivity index (χ0v) is 17.3. The summed E-state index contributed by atoms with van der Waals surface area (Å²) >= 11 is 6.53. The molecule has 2 aromatic rings. The Balaban J connectivity index is 1.85. The first kappa shape index (κ1) is 20.4. The molecule has 0 radical (unpaired) electrons. The van der Waals surface area contributed by atoms with Gasteiger partial charge in [-0.15, -0.1) is 0 Å². The predicted molar refractivity (Wildman–Crippen MR) is 105 cm³/mol. The number of carbonyl (C=O) groups is 2. The van der Waals surface area contributed by atoms with Gasteiger partial charge in [0.05, 0.1) is 11.0 Å². The second-order valence-electron chi connectivity index (χ2n) is 5.56. The molecule has 0 saturated carbocycles. The number of halogens is 3. The molecule has 2 rings (SSSR count). The number of hydrogen-bond donors (Lipinski definition) is 2. The van der Waals surface area contributed by atoms with Gasteiger partial charge >= 0.3 is 0 Å². The van der Waals surface area contributed by atoms with Gasteiger partial charge in [-0.3, -0.25) is 9.59 Å². The van der Waals surface area contributed by atoms with Gasteiger partial charge in [-0.25, -0.2) is 4.39 Å². The van der Waals surface area contributed by atoms with Crippen molar-refractivity contribution in [1.82, 2.24) is 5.32 Å². The number of rotatable bonds is 6. The first-order chi connectivity index (χ1) is 12.3. The van der Waals surface area contributed by atoms with Crippen LogP contribution >= 0.6 is 31.9 Å². The third-order valence-corrected chi connectivity index (χ3v) is 4.57. The fraction of sp³-hybridized carbons (Fsp3) is 0.222. The number of anilines is 1. The average molecular weight is 488 g/mol. The molecule has 0 bridgehead atoms. The van der Waals surface area contributed by atoms with E-state index in [-0.39, 0.29) is 12.5 Å². The van der Waals surface area contributed by atoms with Crippen molar-refractivity contribution in [2.24, 2.45) is 0 Å². The second-order valence-corrected chi connectivity index (χ2v) is 7.33. The lowest BCUT2D eigenvalue weighted by Gasteiger charge is -2.16. The van der Waals surface area contributed by atoms with Crippen molar-refractivity contribution in [3.63, 3.8) is 0 Å². The van der Waals surface area contributed by atoms with Crippen molar-refractivity contribution in [1.29, 1.82) is 0 Å². The molecule has 2 aromatic carbocycles. The van der Waals surface area contributed by atoms with Crippen LogP contribution in [-0.2, 0) is 9.59 Å². The first-order valence-electron chi connectivity index (χ1n) is 7.71. The van der Waals surface area contributed by atoms with Gasteiger partial charge in [-0.1, -0.05) is 15.9 Å². The zero-order chi connectivity index (χ0) is 19.3. The molecular weight excluding hydrogens is 471 g/mol. The molecule has 2 N–H and O–H groups in total. The molecule has 0 aliphatic rings. The van der Waals surface area contributed by atoms with Crippen molar-refractivity contribution in [3.05, 3.63) is 56.7 Å². The topological polar surface area (TPSA) is 67.4 Å². The lowest BCUT2D eigenvalue weighted by molar-refractivity contribution is -0.129. The number of aryl methyl sites for hydroxylation is 1. The molecule has 5 nitrogen and oxygen atoms in total. The van der Waals surface area contributed by atoms with E-state index in [2.05, 4.69) is 42.5 Å². The van der Waals surface area contributed by atoms with Gasteiger partial charge in [0.25, 0.3) is 5.91 Å². The summed E-state index contributed by atoms with van der Waals surface area (Å²) in [6, 6.07) is 9.37. The molecule has 0 aliphatic heterocycles. The van der Waals surface area contributed by atoms with Crippen LogP contribution in [0.1, 0.15) is 12.5 Å². The van der Waals surface area contributed by atoms with E-state index in [4.69, 9.17) is 4.74 Å². The highest BCUT2D eigenvalue weighted by Gasteiger charge is 2.17. The van der Waals surface area contributed by atoms with Crippen LogP contribution in [-0.4, -0.2) is 24.5 Å². The average Bonchev–Trinajstić information content (AvgIpc) is 2.57. The summed E-state index contributed by atoms with van der Waals surface area (Å²) in [5.74, 6) is -0.881. The number of benzene rings is 2. The third-order valence-electron chi connectivity index (χ3n) is 3.45. The molecule has 0 fully saturated rings. The Bertz CT molecular complexity index is 830. The molecule has 0 heterocycles. The highest BCUT2D eigenvalue weighted by atomic mass is 79.9. The summed E-state index contributed by atoms with van der Waals surface area (Å²) in [6.45, 7) is 3.23. The number of nitrogens with one attached hydrogen (secondary N) is 2. The van der Waals surface area contributed by atoms with Gasteiger partial charge in [0.2, 0.25) is 5.91 Å². The Labute approximate surface area is 167 Å². The van der Waals surface area contributed by atoms with E-state index in [1.165, 1.54) is 18.2 Å². The Morgan fingerprint density at radius 3 is 2.58 bits per heavy atom. The van der Waals surface area contributed by atoms with E-state index in [9.17, 15) is 14.0 Å². The molecule has 0 spiro atoms. The van der Waals surface area contributed by atoms with Crippen LogP contribution < -0.4 is 15.4 Å². The van der Waals surface area contributed by atoms with Crippen LogP contribution in [0.25, 0.3) is 0 Å². The van der Waals surface area contributed by atoms with Gasteiger partial charge in [0, 0.05) is 10.2 Å². The van der Waals surface area contributed by atoms with Crippen molar-refractivity contribution in [3.8, 4) is 5.75 Å². The second kappa shape index (κ2) is 9.14. The maximum atomic E-state index is 13.1. The Morgan fingerprint density at radius 2 is 1.92 bits per heavy atom. The van der Waals surface area contributed by atoms with E-state index in [1.54, 1.807) is 13.0 Å². The minimum Gasteiger partial charge on any atom is -0.480 e. The summed E-state index contributed by atoms with van der Waals surface area (Å²) < 4.78 is 19.9. The van der Waals surface area contributed by atoms with E-state index >= 15 is 0 Å². The molecule has 0 aliphatic carbocycles. The van der Waals surface area contributed by atoms with Gasteiger partial charge < -0.3 is 15.4 Å². The van der Waals surface area contributed by atoms with Crippen LogP contribution in [0.3, 0.4) is 0 Å².